The first-order chi connectivity index (χ1) is 9.02. The van der Waals surface area contributed by atoms with Gasteiger partial charge in [0.1, 0.15) is 0 Å². The first-order valence-corrected chi connectivity index (χ1v) is 5.71. The van der Waals surface area contributed by atoms with Gasteiger partial charge in [0.05, 0.1) is 18.1 Å². The third-order valence-corrected chi connectivity index (χ3v) is 2.23. The van der Waals surface area contributed by atoms with E-state index in [9.17, 15) is 9.59 Å². The van der Waals surface area contributed by atoms with Gasteiger partial charge in [-0.05, 0) is 30.7 Å². The van der Waals surface area contributed by atoms with E-state index in [4.69, 9.17) is 15.7 Å². The highest BCUT2D eigenvalue weighted by Crippen LogP contribution is 2.12. The molecule has 0 heterocycles. The summed E-state index contributed by atoms with van der Waals surface area (Å²) in [5, 5.41) is 10.7. The highest BCUT2D eigenvalue weighted by molar-refractivity contribution is 5.92. The minimum Gasteiger partial charge on any atom is -0.452 e. The highest BCUT2D eigenvalue weighted by atomic mass is 16.5. The van der Waals surface area contributed by atoms with E-state index in [0.29, 0.717) is 11.3 Å². The zero-order valence-electron chi connectivity index (χ0n) is 10.6. The van der Waals surface area contributed by atoms with Crippen LogP contribution in [0.1, 0.15) is 22.3 Å². The van der Waals surface area contributed by atoms with Crippen molar-refractivity contribution in [1.29, 1.82) is 5.26 Å². The van der Waals surface area contributed by atoms with Crippen molar-refractivity contribution in [2.45, 2.75) is 13.3 Å². The molecule has 100 valence electrons. The SMILES string of the molecule is Cc1cc(N)cc(C(=O)OCC(=O)NCCC#N)c1. The van der Waals surface area contributed by atoms with Crippen LogP contribution in [-0.4, -0.2) is 25.0 Å². The zero-order chi connectivity index (χ0) is 14.3. The van der Waals surface area contributed by atoms with Gasteiger partial charge in [0.2, 0.25) is 0 Å². The Morgan fingerprint density at radius 1 is 1.42 bits per heavy atom. The third-order valence-electron chi connectivity index (χ3n) is 2.23. The van der Waals surface area contributed by atoms with Crippen LogP contribution >= 0.6 is 0 Å². The molecule has 0 radical (unpaired) electrons. The molecule has 19 heavy (non-hydrogen) atoms. The Labute approximate surface area is 111 Å². The van der Waals surface area contributed by atoms with Crippen LogP contribution in [0.15, 0.2) is 18.2 Å². The summed E-state index contributed by atoms with van der Waals surface area (Å²) in [4.78, 5) is 22.9. The van der Waals surface area contributed by atoms with Gasteiger partial charge in [0, 0.05) is 12.2 Å². The summed E-state index contributed by atoms with van der Waals surface area (Å²) in [6.45, 7) is 1.67. The van der Waals surface area contributed by atoms with Crippen molar-refractivity contribution < 1.29 is 14.3 Å². The van der Waals surface area contributed by atoms with Gasteiger partial charge < -0.3 is 15.8 Å². The number of nitrogen functional groups attached to an aromatic ring is 1. The summed E-state index contributed by atoms with van der Waals surface area (Å²) in [6, 6.07) is 6.74. The Hall–Kier alpha value is -2.55. The molecule has 0 aliphatic heterocycles. The van der Waals surface area contributed by atoms with Gasteiger partial charge in [-0.15, -0.1) is 0 Å². The number of nitrogens with zero attached hydrogens (tertiary/aromatic N) is 1. The Morgan fingerprint density at radius 2 is 2.16 bits per heavy atom. The van der Waals surface area contributed by atoms with E-state index >= 15 is 0 Å². The Balaban J connectivity index is 2.47. The summed E-state index contributed by atoms with van der Waals surface area (Å²) in [5.74, 6) is -1.05. The lowest BCUT2D eigenvalue weighted by atomic mass is 10.1. The highest BCUT2D eigenvalue weighted by Gasteiger charge is 2.10. The van der Waals surface area contributed by atoms with Crippen molar-refractivity contribution in [1.82, 2.24) is 5.32 Å². The predicted molar refractivity (Wildman–Crippen MR) is 69.1 cm³/mol. The Kier molecular flexibility index (Phi) is 5.35. The van der Waals surface area contributed by atoms with E-state index in [1.165, 1.54) is 6.07 Å². The number of carbonyl (C=O) groups excluding carboxylic acids is 2. The number of esters is 1. The maximum atomic E-state index is 11.7. The van der Waals surface area contributed by atoms with Gasteiger partial charge in [-0.3, -0.25) is 4.79 Å². The molecule has 0 aromatic heterocycles. The van der Waals surface area contributed by atoms with Crippen molar-refractivity contribution in [3.8, 4) is 6.07 Å². The van der Waals surface area contributed by atoms with Crippen LogP contribution < -0.4 is 11.1 Å². The molecule has 0 saturated carbocycles. The third kappa shape index (κ3) is 5.08. The summed E-state index contributed by atoms with van der Waals surface area (Å²) >= 11 is 0. The van der Waals surface area contributed by atoms with Crippen molar-refractivity contribution in [2.75, 3.05) is 18.9 Å². The maximum Gasteiger partial charge on any atom is 0.338 e. The van der Waals surface area contributed by atoms with Crippen LogP contribution in [-0.2, 0) is 9.53 Å². The first-order valence-electron chi connectivity index (χ1n) is 5.71. The quantitative estimate of drug-likeness (QED) is 0.462. The summed E-state index contributed by atoms with van der Waals surface area (Å²) < 4.78 is 4.84. The molecule has 1 amide bonds. The average molecular weight is 261 g/mol. The van der Waals surface area contributed by atoms with Gasteiger partial charge in [-0.2, -0.15) is 5.26 Å². The monoisotopic (exact) mass is 261 g/mol. The molecule has 6 nitrogen and oxygen atoms in total. The molecule has 3 N–H and O–H groups in total. The number of anilines is 1. The maximum absolute atomic E-state index is 11.7. The molecule has 0 saturated heterocycles. The molecule has 1 rings (SSSR count). The van der Waals surface area contributed by atoms with E-state index in [1.807, 2.05) is 13.0 Å². The van der Waals surface area contributed by atoms with Crippen molar-refractivity contribution in [3.05, 3.63) is 29.3 Å². The van der Waals surface area contributed by atoms with Crippen LogP contribution in [0.3, 0.4) is 0 Å². The van der Waals surface area contributed by atoms with Crippen LogP contribution in [0.25, 0.3) is 0 Å². The van der Waals surface area contributed by atoms with Gasteiger partial charge in [-0.1, -0.05) is 0 Å². The second-order valence-corrected chi connectivity index (χ2v) is 3.97. The van der Waals surface area contributed by atoms with Crippen LogP contribution in [0.5, 0.6) is 0 Å². The lowest BCUT2D eigenvalue weighted by molar-refractivity contribution is -0.124. The van der Waals surface area contributed by atoms with E-state index in [-0.39, 0.29) is 19.6 Å². The molecule has 1 aromatic carbocycles. The number of ether oxygens (including phenoxy) is 1. The minimum atomic E-state index is -0.606. The van der Waals surface area contributed by atoms with E-state index in [0.717, 1.165) is 5.56 Å². The van der Waals surface area contributed by atoms with Gasteiger partial charge in [0.25, 0.3) is 5.91 Å². The Morgan fingerprint density at radius 3 is 2.79 bits per heavy atom. The average Bonchev–Trinajstić information content (AvgIpc) is 2.35. The van der Waals surface area contributed by atoms with E-state index in [2.05, 4.69) is 5.32 Å². The number of nitriles is 1. The van der Waals surface area contributed by atoms with Gasteiger partial charge in [0.15, 0.2) is 6.61 Å². The lowest BCUT2D eigenvalue weighted by Crippen LogP contribution is -2.29. The van der Waals surface area contributed by atoms with Crippen LogP contribution in [0.2, 0.25) is 0 Å². The normalized spacial score (nSPS) is 9.47. The fourth-order valence-corrected chi connectivity index (χ4v) is 1.45. The molecule has 0 atom stereocenters. The zero-order valence-corrected chi connectivity index (χ0v) is 10.6. The molecule has 1 aromatic rings. The topological polar surface area (TPSA) is 105 Å². The first kappa shape index (κ1) is 14.5. The van der Waals surface area contributed by atoms with Gasteiger partial charge in [-0.25, -0.2) is 4.79 Å². The molecule has 0 bridgehead atoms. The lowest BCUT2D eigenvalue weighted by Gasteiger charge is -2.06. The number of nitrogens with two attached hydrogens (primary N) is 1. The van der Waals surface area contributed by atoms with E-state index in [1.54, 1.807) is 12.1 Å². The predicted octanol–water partition coefficient (Wildman–Crippen LogP) is 0.764. The second kappa shape index (κ2) is 7.01. The van der Waals surface area contributed by atoms with Gasteiger partial charge >= 0.3 is 5.97 Å². The number of hydrogen-bond acceptors (Lipinski definition) is 5. The number of nitrogens with one attached hydrogen (secondary N) is 1. The summed E-state index contributed by atoms with van der Waals surface area (Å²) in [5.41, 5.74) is 7.23. The summed E-state index contributed by atoms with van der Waals surface area (Å²) in [6.07, 6.45) is 0.216. The summed E-state index contributed by atoms with van der Waals surface area (Å²) in [7, 11) is 0. The number of aryl methyl sites for hydroxylation is 1. The number of amides is 1. The van der Waals surface area contributed by atoms with Crippen molar-refractivity contribution in [2.24, 2.45) is 0 Å². The number of rotatable bonds is 5. The standard InChI is InChI=1S/C13H15N3O3/c1-9-5-10(7-11(15)6-9)13(18)19-8-12(17)16-4-2-3-14/h5-7H,2,4,8,15H2,1H3,(H,16,17). The minimum absolute atomic E-state index is 0.216. The molecule has 6 heteroatoms. The number of benzene rings is 1. The van der Waals surface area contributed by atoms with Crippen LogP contribution in [0.4, 0.5) is 5.69 Å². The van der Waals surface area contributed by atoms with E-state index < -0.39 is 11.9 Å². The van der Waals surface area contributed by atoms with Crippen molar-refractivity contribution >= 4 is 17.6 Å². The number of hydrogen-bond donors (Lipinski definition) is 2. The molecular weight excluding hydrogens is 246 g/mol. The van der Waals surface area contributed by atoms with Crippen molar-refractivity contribution in [3.63, 3.8) is 0 Å². The molecule has 0 aliphatic rings. The second-order valence-electron chi connectivity index (χ2n) is 3.97. The molecule has 0 spiro atoms. The van der Waals surface area contributed by atoms with Crippen LogP contribution in [0, 0.1) is 18.3 Å². The molecular formula is C13H15N3O3. The fourth-order valence-electron chi connectivity index (χ4n) is 1.45. The largest absolute Gasteiger partial charge is 0.452 e. The molecule has 0 aliphatic carbocycles. The smallest absolute Gasteiger partial charge is 0.338 e. The molecule has 0 unspecified atom stereocenters. The number of carbonyl (C=O) groups is 2. The molecule has 0 fully saturated rings. The fraction of sp³-hybridized carbons (Fsp3) is 0.308. The Bertz CT molecular complexity index is 500.